The van der Waals surface area contributed by atoms with E-state index in [1.54, 1.807) is 12.1 Å². The maximum atomic E-state index is 13.2. The van der Waals surface area contributed by atoms with Crippen LogP contribution in [0.5, 0.6) is 11.5 Å². The molecular formula is C22H21N3O5. The Kier molecular flexibility index (Phi) is 4.34. The highest BCUT2D eigenvalue weighted by atomic mass is 16.7. The monoisotopic (exact) mass is 407 g/mol. The average Bonchev–Trinajstić information content (AvgIpc) is 3.31. The number of fused-ring (bicyclic) bond motifs is 3. The van der Waals surface area contributed by atoms with Crippen LogP contribution < -0.4 is 20.1 Å². The molecule has 4 amide bonds. The highest BCUT2D eigenvalue weighted by Gasteiger charge is 2.54. The first-order valence-corrected chi connectivity index (χ1v) is 9.94. The van der Waals surface area contributed by atoms with Gasteiger partial charge in [0.1, 0.15) is 12.1 Å². The summed E-state index contributed by atoms with van der Waals surface area (Å²) in [5.74, 6) is 0.534. The lowest BCUT2D eigenvalue weighted by molar-refractivity contribution is -0.135. The smallest absolute Gasteiger partial charge is 0.325 e. The molecule has 1 saturated heterocycles. The van der Waals surface area contributed by atoms with Gasteiger partial charge < -0.3 is 20.1 Å². The molecule has 1 atom stereocenters. The van der Waals surface area contributed by atoms with Crippen LogP contribution in [0.15, 0.2) is 42.5 Å². The summed E-state index contributed by atoms with van der Waals surface area (Å²) >= 11 is 0. The second-order valence-electron chi connectivity index (χ2n) is 7.70. The highest BCUT2D eigenvalue weighted by molar-refractivity contribution is 6.09. The third-order valence-electron chi connectivity index (χ3n) is 5.88. The fourth-order valence-corrected chi connectivity index (χ4v) is 4.41. The van der Waals surface area contributed by atoms with Crippen molar-refractivity contribution in [3.8, 4) is 11.5 Å². The molecule has 8 heteroatoms. The quantitative estimate of drug-likeness (QED) is 0.754. The Morgan fingerprint density at radius 2 is 1.97 bits per heavy atom. The number of urea groups is 1. The Morgan fingerprint density at radius 1 is 1.13 bits per heavy atom. The minimum absolute atomic E-state index is 0.183. The van der Waals surface area contributed by atoms with Gasteiger partial charge in [-0.25, -0.2) is 4.79 Å². The van der Waals surface area contributed by atoms with Gasteiger partial charge in [-0.15, -0.1) is 0 Å². The number of rotatable bonds is 4. The fourth-order valence-electron chi connectivity index (χ4n) is 4.41. The Balaban J connectivity index is 1.27. The van der Waals surface area contributed by atoms with Gasteiger partial charge >= 0.3 is 6.03 Å². The van der Waals surface area contributed by atoms with Crippen molar-refractivity contribution in [3.05, 3.63) is 59.2 Å². The predicted octanol–water partition coefficient (Wildman–Crippen LogP) is 1.82. The van der Waals surface area contributed by atoms with Gasteiger partial charge in [-0.2, -0.15) is 0 Å². The number of nitrogens with one attached hydrogen (secondary N) is 2. The van der Waals surface area contributed by atoms with Crippen LogP contribution >= 0.6 is 0 Å². The van der Waals surface area contributed by atoms with E-state index < -0.39 is 17.5 Å². The van der Waals surface area contributed by atoms with Gasteiger partial charge in [0, 0.05) is 6.54 Å². The molecule has 0 bridgehead atoms. The van der Waals surface area contributed by atoms with E-state index in [2.05, 4.69) is 10.6 Å². The van der Waals surface area contributed by atoms with Crippen LogP contribution in [0.4, 0.5) is 4.79 Å². The molecule has 0 saturated carbocycles. The fraction of sp³-hybridized carbons (Fsp3) is 0.318. The highest BCUT2D eigenvalue weighted by Crippen LogP contribution is 2.39. The van der Waals surface area contributed by atoms with E-state index in [1.807, 2.05) is 30.3 Å². The third kappa shape index (κ3) is 2.96. The largest absolute Gasteiger partial charge is 0.454 e. The first kappa shape index (κ1) is 18.5. The van der Waals surface area contributed by atoms with Crippen molar-refractivity contribution in [2.75, 3.05) is 13.3 Å². The molecule has 1 spiro atoms. The van der Waals surface area contributed by atoms with Gasteiger partial charge in [-0.3, -0.25) is 14.5 Å². The van der Waals surface area contributed by atoms with Crippen molar-refractivity contribution in [2.24, 2.45) is 0 Å². The van der Waals surface area contributed by atoms with Crippen LogP contribution in [-0.2, 0) is 28.1 Å². The van der Waals surface area contributed by atoms with Gasteiger partial charge in [0.2, 0.25) is 12.7 Å². The van der Waals surface area contributed by atoms with Crippen LogP contribution in [0.2, 0.25) is 0 Å². The first-order valence-electron chi connectivity index (χ1n) is 9.94. The first-order chi connectivity index (χ1) is 14.6. The van der Waals surface area contributed by atoms with E-state index in [-0.39, 0.29) is 25.8 Å². The third-order valence-corrected chi connectivity index (χ3v) is 5.88. The number of carbonyl (C=O) groups excluding carboxylic acids is 3. The van der Waals surface area contributed by atoms with E-state index >= 15 is 0 Å². The molecule has 0 aromatic heterocycles. The lowest BCUT2D eigenvalue weighted by Gasteiger charge is -2.33. The minimum Gasteiger partial charge on any atom is -0.454 e. The zero-order valence-electron chi connectivity index (χ0n) is 16.3. The zero-order chi connectivity index (χ0) is 20.7. The number of benzene rings is 2. The molecule has 2 N–H and O–H groups in total. The normalized spacial score (nSPS) is 21.5. The van der Waals surface area contributed by atoms with Crippen LogP contribution in [0, 0.1) is 0 Å². The van der Waals surface area contributed by atoms with E-state index in [9.17, 15) is 14.4 Å². The number of aryl methyl sites for hydroxylation is 1. The summed E-state index contributed by atoms with van der Waals surface area (Å²) < 4.78 is 10.6. The molecule has 1 aliphatic carbocycles. The Morgan fingerprint density at radius 3 is 2.87 bits per heavy atom. The summed E-state index contributed by atoms with van der Waals surface area (Å²) in [5, 5.41) is 5.62. The predicted molar refractivity (Wildman–Crippen MR) is 106 cm³/mol. The molecule has 154 valence electrons. The second-order valence-corrected chi connectivity index (χ2v) is 7.70. The number of carbonyl (C=O) groups is 3. The number of hydrogen-bond acceptors (Lipinski definition) is 5. The number of ether oxygens (including phenoxy) is 2. The van der Waals surface area contributed by atoms with Gasteiger partial charge in [0.15, 0.2) is 11.5 Å². The Labute approximate surface area is 173 Å². The van der Waals surface area contributed by atoms with Crippen LogP contribution in [0.1, 0.15) is 29.5 Å². The molecule has 2 aromatic carbocycles. The molecule has 3 aliphatic rings. The van der Waals surface area contributed by atoms with Gasteiger partial charge in [0.25, 0.3) is 5.91 Å². The standard InChI is InChI=1S/C22H21N3O5/c26-19(23-11-14-7-8-17-18(10-14)30-13-29-17)12-25-20(27)22(24-21(25)28)9-3-5-15-4-1-2-6-16(15)22/h1-2,4,6-8,10H,3,5,9,11-13H2,(H,23,26)(H,24,28). The molecule has 30 heavy (non-hydrogen) atoms. The maximum Gasteiger partial charge on any atom is 0.325 e. The van der Waals surface area contributed by atoms with E-state index in [0.717, 1.165) is 34.4 Å². The molecule has 2 heterocycles. The van der Waals surface area contributed by atoms with Crippen LogP contribution in [0.25, 0.3) is 0 Å². The molecule has 2 aliphatic heterocycles. The molecule has 8 nitrogen and oxygen atoms in total. The summed E-state index contributed by atoms with van der Waals surface area (Å²) in [6.45, 7) is 0.119. The summed E-state index contributed by atoms with van der Waals surface area (Å²) in [4.78, 5) is 39.3. The van der Waals surface area contributed by atoms with Crippen molar-refractivity contribution >= 4 is 17.8 Å². The van der Waals surface area contributed by atoms with E-state index in [4.69, 9.17) is 9.47 Å². The Hall–Kier alpha value is -3.55. The van der Waals surface area contributed by atoms with Crippen LogP contribution in [-0.4, -0.2) is 36.1 Å². The maximum absolute atomic E-state index is 13.2. The van der Waals surface area contributed by atoms with Crippen molar-refractivity contribution in [1.82, 2.24) is 15.5 Å². The molecular weight excluding hydrogens is 386 g/mol. The molecule has 1 fully saturated rings. The number of imide groups is 1. The van der Waals surface area contributed by atoms with Gasteiger partial charge in [0.05, 0.1) is 0 Å². The van der Waals surface area contributed by atoms with Crippen molar-refractivity contribution < 1.29 is 23.9 Å². The van der Waals surface area contributed by atoms with Gasteiger partial charge in [-0.05, 0) is 48.1 Å². The van der Waals surface area contributed by atoms with Crippen molar-refractivity contribution in [2.45, 2.75) is 31.3 Å². The number of hydrogen-bond donors (Lipinski definition) is 2. The zero-order valence-corrected chi connectivity index (χ0v) is 16.3. The number of amides is 4. The van der Waals surface area contributed by atoms with Crippen LogP contribution in [0.3, 0.4) is 0 Å². The molecule has 5 rings (SSSR count). The van der Waals surface area contributed by atoms with E-state index in [0.29, 0.717) is 17.9 Å². The lowest BCUT2D eigenvalue weighted by atomic mass is 9.76. The molecule has 2 aromatic rings. The lowest BCUT2D eigenvalue weighted by Crippen LogP contribution is -2.47. The Bertz CT molecular complexity index is 1050. The van der Waals surface area contributed by atoms with E-state index in [1.165, 1.54) is 0 Å². The van der Waals surface area contributed by atoms with Gasteiger partial charge in [-0.1, -0.05) is 30.3 Å². The topological polar surface area (TPSA) is 97.0 Å². The average molecular weight is 407 g/mol. The summed E-state index contributed by atoms with van der Waals surface area (Å²) in [6, 6.07) is 12.5. The summed E-state index contributed by atoms with van der Waals surface area (Å²) in [5.41, 5.74) is 1.66. The summed E-state index contributed by atoms with van der Waals surface area (Å²) in [6.07, 6.45) is 2.20. The SMILES string of the molecule is O=C(CN1C(=O)NC2(CCCc3ccccc32)C1=O)NCc1ccc2c(c1)OCO2. The second kappa shape index (κ2) is 7.05. The molecule has 0 radical (unpaired) electrons. The molecule has 1 unspecified atom stereocenters. The number of nitrogens with zero attached hydrogens (tertiary/aromatic N) is 1. The van der Waals surface area contributed by atoms with Crippen molar-refractivity contribution in [3.63, 3.8) is 0 Å². The summed E-state index contributed by atoms with van der Waals surface area (Å²) in [7, 11) is 0. The van der Waals surface area contributed by atoms with Crippen molar-refractivity contribution in [1.29, 1.82) is 0 Å². The minimum atomic E-state index is -1.07.